The number of primary amides is 1. The van der Waals surface area contributed by atoms with Crippen molar-refractivity contribution in [2.45, 2.75) is 96.3 Å². The Balaban J connectivity index is 3.03. The molecule has 0 heterocycles. The number of ketones is 1. The van der Waals surface area contributed by atoms with Gasteiger partial charge in [0.2, 0.25) is 23.6 Å². The quantitative estimate of drug-likeness (QED) is 0.0452. The normalized spacial score (nSPS) is 14.2. The van der Waals surface area contributed by atoms with Crippen molar-refractivity contribution in [3.63, 3.8) is 0 Å². The van der Waals surface area contributed by atoms with Gasteiger partial charge in [-0.1, -0.05) is 63.9 Å². The van der Waals surface area contributed by atoms with E-state index in [9.17, 15) is 33.9 Å². The highest BCUT2D eigenvalue weighted by Gasteiger charge is 2.33. The summed E-state index contributed by atoms with van der Waals surface area (Å²) in [6.07, 6.45) is 1.52. The number of hydrogen-bond donors (Lipinski definition) is 8. The lowest BCUT2D eigenvalue weighted by molar-refractivity contribution is -0.142. The first-order valence-electron chi connectivity index (χ1n) is 15.5. The molecule has 15 nitrogen and oxygen atoms in total. The maximum absolute atomic E-state index is 13.3. The number of rotatable bonds is 22. The third-order valence-electron chi connectivity index (χ3n) is 7.31. The summed E-state index contributed by atoms with van der Waals surface area (Å²) in [6.45, 7) is 5.50. The predicted octanol–water partition coefficient (Wildman–Crippen LogP) is -0.554. The largest absolute Gasteiger partial charge is 0.481 e. The van der Waals surface area contributed by atoms with E-state index in [-0.39, 0.29) is 24.6 Å². The zero-order valence-electron chi connectivity index (χ0n) is 26.9. The molecule has 4 amide bonds. The third kappa shape index (κ3) is 15.0. The first-order chi connectivity index (χ1) is 21.7. The topological polar surface area (TPSA) is 275 Å². The van der Waals surface area contributed by atoms with Gasteiger partial charge in [-0.2, -0.15) is 0 Å². The van der Waals surface area contributed by atoms with Crippen LogP contribution in [0.15, 0.2) is 35.3 Å². The number of unbranched alkanes of at least 4 members (excludes halogenated alkanes) is 1. The van der Waals surface area contributed by atoms with Crippen LogP contribution in [0.1, 0.15) is 71.3 Å². The Hall–Kier alpha value is -4.53. The minimum atomic E-state index is -1.55. The Kier molecular flexibility index (Phi) is 17.6. The fourth-order valence-electron chi connectivity index (χ4n) is 4.65. The Morgan fingerprint density at radius 2 is 1.46 bits per heavy atom. The van der Waals surface area contributed by atoms with Crippen LogP contribution in [-0.2, 0) is 35.2 Å². The zero-order valence-corrected chi connectivity index (χ0v) is 26.9. The van der Waals surface area contributed by atoms with Crippen molar-refractivity contribution in [1.82, 2.24) is 16.0 Å². The first-order valence-corrected chi connectivity index (χ1v) is 15.5. The second kappa shape index (κ2) is 20.5. The van der Waals surface area contributed by atoms with Crippen molar-refractivity contribution in [2.75, 3.05) is 6.54 Å². The van der Waals surface area contributed by atoms with Crippen LogP contribution < -0.4 is 38.9 Å². The van der Waals surface area contributed by atoms with Crippen molar-refractivity contribution in [1.29, 1.82) is 0 Å². The maximum Gasteiger partial charge on any atom is 0.305 e. The number of aliphatic carboxylic acids is 1. The Labute approximate surface area is 269 Å². The number of Topliss-reactive ketones (excluding diaryl/α,β-unsaturated/α-hetero) is 1. The molecule has 256 valence electrons. The van der Waals surface area contributed by atoms with Gasteiger partial charge in [0.25, 0.3) is 0 Å². The minimum Gasteiger partial charge on any atom is -0.481 e. The van der Waals surface area contributed by atoms with Gasteiger partial charge in [-0.15, -0.1) is 0 Å². The summed E-state index contributed by atoms with van der Waals surface area (Å²) >= 11 is 0. The van der Waals surface area contributed by atoms with E-state index in [1.54, 1.807) is 44.2 Å². The highest BCUT2D eigenvalue weighted by Crippen LogP contribution is 2.17. The number of nitrogens with zero attached hydrogens (tertiary/aromatic N) is 1. The fraction of sp³-hybridized carbons (Fsp3) is 0.581. The highest BCUT2D eigenvalue weighted by atomic mass is 16.4. The lowest BCUT2D eigenvalue weighted by atomic mass is 9.91. The molecule has 1 aromatic rings. The molecule has 12 N–H and O–H groups in total. The monoisotopic (exact) mass is 646 g/mol. The van der Waals surface area contributed by atoms with E-state index in [2.05, 4.69) is 20.9 Å². The summed E-state index contributed by atoms with van der Waals surface area (Å²) in [5, 5.41) is 17.0. The third-order valence-corrected chi connectivity index (χ3v) is 7.31. The molecule has 0 spiro atoms. The van der Waals surface area contributed by atoms with Crippen molar-refractivity contribution in [2.24, 2.45) is 39.8 Å². The van der Waals surface area contributed by atoms with E-state index in [1.807, 2.05) is 6.92 Å². The van der Waals surface area contributed by atoms with Crippen molar-refractivity contribution < 1.29 is 33.9 Å². The number of nitrogens with one attached hydrogen (secondary N) is 3. The molecule has 0 saturated carbocycles. The van der Waals surface area contributed by atoms with Gasteiger partial charge in [-0.25, -0.2) is 0 Å². The van der Waals surface area contributed by atoms with Crippen LogP contribution in [0.25, 0.3) is 0 Å². The number of nitrogens with two attached hydrogens (primary N) is 4. The van der Waals surface area contributed by atoms with E-state index >= 15 is 0 Å². The van der Waals surface area contributed by atoms with Crippen LogP contribution in [0.2, 0.25) is 0 Å². The molecule has 0 radical (unpaired) electrons. The Bertz CT molecular complexity index is 1200. The van der Waals surface area contributed by atoms with E-state index < -0.39 is 72.0 Å². The molecule has 0 unspecified atom stereocenters. The van der Waals surface area contributed by atoms with Crippen LogP contribution in [-0.4, -0.2) is 77.2 Å². The van der Waals surface area contributed by atoms with Gasteiger partial charge in [-0.05, 0) is 30.7 Å². The number of amides is 4. The molecule has 1 aromatic carbocycles. The summed E-state index contributed by atoms with van der Waals surface area (Å²) in [4.78, 5) is 80.4. The Morgan fingerprint density at radius 1 is 0.826 bits per heavy atom. The van der Waals surface area contributed by atoms with E-state index in [1.165, 1.54) is 0 Å². The molecule has 0 fully saturated rings. The first kappa shape index (κ1) is 39.5. The summed E-state index contributed by atoms with van der Waals surface area (Å²) < 4.78 is 0. The van der Waals surface area contributed by atoms with E-state index in [4.69, 9.17) is 22.9 Å². The number of hydrogen-bond acceptors (Lipinski definition) is 8. The van der Waals surface area contributed by atoms with Gasteiger partial charge < -0.3 is 44.0 Å². The number of carbonyl (C=O) groups excluding carboxylic acids is 5. The van der Waals surface area contributed by atoms with Crippen molar-refractivity contribution in [3.8, 4) is 0 Å². The van der Waals surface area contributed by atoms with Gasteiger partial charge in [0.1, 0.15) is 23.9 Å². The Morgan fingerprint density at radius 3 is 2.00 bits per heavy atom. The molecule has 0 aromatic heterocycles. The molecular weight excluding hydrogens is 596 g/mol. The van der Waals surface area contributed by atoms with Crippen LogP contribution in [0.4, 0.5) is 0 Å². The summed E-state index contributed by atoms with van der Waals surface area (Å²) in [7, 11) is 0. The molecule has 5 atom stereocenters. The standard InChI is InChI=1S/C31H50N8O7/c1-4-5-12-20(16-24(40)21(32)13-9-14-36-31(34)35)28(44)38-23(17-25(41)42)29(45)39-26(18(2)3)30(46)37-22(27(33)43)15-19-10-7-6-8-11-19/h6-8,10-11,18,20-23,26H,4-5,9,12-17,32H2,1-3H3,(H2,33,43)(H,37,46)(H,38,44)(H,39,45)(H,41,42)(H4,34,35,36)/t20-,21+,22+,23+,26+/m1/s1. The molecular formula is C31H50N8O7. The number of carboxylic acids is 1. The van der Waals surface area contributed by atoms with Gasteiger partial charge in [0, 0.05) is 25.3 Å². The second-order valence-electron chi connectivity index (χ2n) is 11.6. The SMILES string of the molecule is CCCC[C@H](CC(=O)[C@@H](N)CCCN=C(N)N)C(=O)N[C@@H](CC(=O)O)C(=O)N[C@H](C(=O)N[C@@H](Cc1ccccc1)C(N)=O)C(C)C. The second-order valence-corrected chi connectivity index (χ2v) is 11.6. The average Bonchev–Trinajstić information content (AvgIpc) is 2.98. The van der Waals surface area contributed by atoms with Crippen molar-refractivity contribution >= 4 is 41.3 Å². The molecule has 0 aliphatic carbocycles. The summed E-state index contributed by atoms with van der Waals surface area (Å²) in [5.41, 5.74) is 22.9. The molecule has 15 heteroatoms. The smallest absolute Gasteiger partial charge is 0.305 e. The van der Waals surface area contributed by atoms with Gasteiger partial charge in [0.15, 0.2) is 5.96 Å². The molecule has 0 aliphatic heterocycles. The number of aliphatic imine (C=N–C) groups is 1. The maximum atomic E-state index is 13.3. The molecule has 1 rings (SSSR count). The minimum absolute atomic E-state index is 0.0746. The van der Waals surface area contributed by atoms with E-state index in [0.717, 1.165) is 12.0 Å². The number of guanidine groups is 1. The van der Waals surface area contributed by atoms with Crippen LogP contribution >= 0.6 is 0 Å². The highest BCUT2D eigenvalue weighted by molar-refractivity contribution is 5.96. The molecule has 0 saturated heterocycles. The summed E-state index contributed by atoms with van der Waals surface area (Å²) in [6, 6.07) is 4.22. The molecule has 0 aliphatic rings. The predicted molar refractivity (Wildman–Crippen MR) is 173 cm³/mol. The van der Waals surface area contributed by atoms with Crippen LogP contribution in [0.3, 0.4) is 0 Å². The van der Waals surface area contributed by atoms with Gasteiger partial charge in [-0.3, -0.25) is 33.8 Å². The zero-order chi connectivity index (χ0) is 34.8. The summed E-state index contributed by atoms with van der Waals surface area (Å²) in [5.74, 6) is -6.24. The fourth-order valence-corrected chi connectivity index (χ4v) is 4.65. The van der Waals surface area contributed by atoms with Crippen LogP contribution in [0, 0.1) is 11.8 Å². The van der Waals surface area contributed by atoms with Crippen molar-refractivity contribution in [3.05, 3.63) is 35.9 Å². The lowest BCUT2D eigenvalue weighted by Crippen LogP contribution is -2.58. The number of benzene rings is 1. The number of carboxylic acid groups (broad SMARTS) is 1. The van der Waals surface area contributed by atoms with Gasteiger partial charge in [0.05, 0.1) is 12.5 Å². The molecule has 46 heavy (non-hydrogen) atoms. The average molecular weight is 647 g/mol. The number of carbonyl (C=O) groups is 6. The van der Waals surface area contributed by atoms with Gasteiger partial charge >= 0.3 is 5.97 Å². The van der Waals surface area contributed by atoms with E-state index in [0.29, 0.717) is 32.2 Å². The van der Waals surface area contributed by atoms with Crippen LogP contribution in [0.5, 0.6) is 0 Å². The molecule has 0 bridgehead atoms. The lowest BCUT2D eigenvalue weighted by Gasteiger charge is -2.27.